The van der Waals surface area contributed by atoms with E-state index in [0.717, 1.165) is 30.3 Å². The van der Waals surface area contributed by atoms with E-state index in [9.17, 15) is 35.9 Å². The van der Waals surface area contributed by atoms with Crippen LogP contribution in [-0.4, -0.2) is 18.5 Å². The fraction of sp³-hybridized carbons (Fsp3) is 0.222. The van der Waals surface area contributed by atoms with Gasteiger partial charge in [-0.05, 0) is 29.8 Å². The predicted octanol–water partition coefficient (Wildman–Crippen LogP) is 5.10. The molecule has 29 heavy (non-hydrogen) atoms. The molecule has 0 saturated heterocycles. The third kappa shape index (κ3) is 6.67. The monoisotopic (exact) mass is 439 g/mol. The molecule has 0 fully saturated rings. The van der Waals surface area contributed by atoms with E-state index >= 15 is 0 Å². The van der Waals surface area contributed by atoms with Gasteiger partial charge in [0.2, 0.25) is 0 Å². The Bertz CT molecular complexity index is 911. The van der Waals surface area contributed by atoms with E-state index in [1.54, 1.807) is 0 Å². The maximum absolute atomic E-state index is 12.7. The van der Waals surface area contributed by atoms with Crippen LogP contribution >= 0.6 is 11.6 Å². The molecule has 1 amide bonds. The number of alkyl halides is 6. The van der Waals surface area contributed by atoms with Gasteiger partial charge < -0.3 is 10.1 Å². The van der Waals surface area contributed by atoms with Gasteiger partial charge >= 0.3 is 18.3 Å². The van der Waals surface area contributed by atoms with E-state index in [1.165, 1.54) is 6.07 Å². The molecular formula is C18H12ClF6NO3. The van der Waals surface area contributed by atoms with Crippen LogP contribution in [0.3, 0.4) is 0 Å². The number of esters is 1. The van der Waals surface area contributed by atoms with Crippen LogP contribution in [0.1, 0.15) is 16.7 Å². The lowest BCUT2D eigenvalue weighted by atomic mass is 10.1. The zero-order valence-corrected chi connectivity index (χ0v) is 15.1. The maximum atomic E-state index is 12.7. The van der Waals surface area contributed by atoms with Gasteiger partial charge in [0.15, 0.2) is 6.61 Å². The molecule has 2 aromatic rings. The highest BCUT2D eigenvalue weighted by Gasteiger charge is 2.31. The quantitative estimate of drug-likeness (QED) is 0.521. The van der Waals surface area contributed by atoms with Crippen LogP contribution in [0.4, 0.5) is 32.0 Å². The molecule has 11 heteroatoms. The molecule has 0 saturated carbocycles. The van der Waals surface area contributed by atoms with Crippen molar-refractivity contribution in [3.8, 4) is 0 Å². The Labute approximate surface area is 165 Å². The van der Waals surface area contributed by atoms with Crippen LogP contribution in [0, 0.1) is 0 Å². The number of hydrogen-bond donors (Lipinski definition) is 1. The molecule has 0 aliphatic rings. The minimum atomic E-state index is -4.65. The maximum Gasteiger partial charge on any atom is 0.416 e. The second-order valence-electron chi connectivity index (χ2n) is 5.78. The van der Waals surface area contributed by atoms with Crippen LogP contribution in [-0.2, 0) is 33.1 Å². The number of benzene rings is 2. The Morgan fingerprint density at radius 3 is 2.17 bits per heavy atom. The third-order valence-electron chi connectivity index (χ3n) is 3.53. The van der Waals surface area contributed by atoms with Gasteiger partial charge in [0, 0.05) is 0 Å². The highest BCUT2D eigenvalue weighted by atomic mass is 35.5. The molecule has 1 N–H and O–H groups in total. The van der Waals surface area contributed by atoms with Crippen LogP contribution < -0.4 is 5.32 Å². The minimum absolute atomic E-state index is 0.0196. The van der Waals surface area contributed by atoms with Crippen molar-refractivity contribution in [1.29, 1.82) is 0 Å². The Hall–Kier alpha value is -2.75. The summed E-state index contributed by atoms with van der Waals surface area (Å²) in [4.78, 5) is 23.5. The topological polar surface area (TPSA) is 55.4 Å². The number of ether oxygens (including phenoxy) is 1. The summed E-state index contributed by atoms with van der Waals surface area (Å²) in [5, 5.41) is 1.91. The first kappa shape index (κ1) is 22.5. The second-order valence-corrected chi connectivity index (χ2v) is 6.18. The van der Waals surface area contributed by atoms with Crippen LogP contribution in [0.5, 0.6) is 0 Å². The average molecular weight is 440 g/mol. The highest BCUT2D eigenvalue weighted by Crippen LogP contribution is 2.34. The van der Waals surface area contributed by atoms with Crippen molar-refractivity contribution in [3.05, 3.63) is 64.2 Å². The first-order chi connectivity index (χ1) is 13.4. The number of carbonyl (C=O) groups excluding carboxylic acids is 2. The van der Waals surface area contributed by atoms with Crippen LogP contribution in [0.25, 0.3) is 0 Å². The average Bonchev–Trinajstić information content (AvgIpc) is 2.60. The number of halogens is 7. The molecule has 4 nitrogen and oxygen atoms in total. The first-order valence-corrected chi connectivity index (χ1v) is 8.22. The predicted molar refractivity (Wildman–Crippen MR) is 91.2 cm³/mol. The lowest BCUT2D eigenvalue weighted by Gasteiger charge is -2.12. The zero-order valence-electron chi connectivity index (χ0n) is 14.3. The summed E-state index contributed by atoms with van der Waals surface area (Å²) in [5.41, 5.74) is -2.30. The van der Waals surface area contributed by atoms with Crippen molar-refractivity contribution < 1.29 is 40.7 Å². The highest BCUT2D eigenvalue weighted by molar-refractivity contribution is 6.33. The lowest BCUT2D eigenvalue weighted by molar-refractivity contribution is -0.146. The molecule has 0 spiro atoms. The fourth-order valence-electron chi connectivity index (χ4n) is 2.21. The Kier molecular flexibility index (Phi) is 6.78. The summed E-state index contributed by atoms with van der Waals surface area (Å²) in [6.07, 6.45) is -9.76. The van der Waals surface area contributed by atoms with Gasteiger partial charge in [0.05, 0.1) is 28.3 Å². The SMILES string of the molecule is O=C(COC(=O)Cc1cccc(C(F)(F)F)c1)Nc1cc(C(F)(F)F)ccc1Cl. The van der Waals surface area contributed by atoms with Gasteiger partial charge in [-0.2, -0.15) is 26.3 Å². The molecular weight excluding hydrogens is 428 g/mol. The summed E-state index contributed by atoms with van der Waals surface area (Å²) in [7, 11) is 0. The summed E-state index contributed by atoms with van der Waals surface area (Å²) in [5.74, 6) is -1.96. The van der Waals surface area contributed by atoms with E-state index in [-0.39, 0.29) is 16.3 Å². The van der Waals surface area contributed by atoms with Crippen molar-refractivity contribution in [3.63, 3.8) is 0 Å². The standard InChI is InChI=1S/C18H12ClF6NO3/c19-13-5-4-12(18(23,24)25)8-14(13)26-15(27)9-29-16(28)7-10-2-1-3-11(6-10)17(20,21)22/h1-6,8H,7,9H2,(H,26,27). The van der Waals surface area contributed by atoms with Crippen molar-refractivity contribution in [2.24, 2.45) is 0 Å². The first-order valence-electron chi connectivity index (χ1n) is 7.84. The molecule has 2 rings (SSSR count). The Morgan fingerprint density at radius 1 is 0.931 bits per heavy atom. The molecule has 0 bridgehead atoms. The van der Waals surface area contributed by atoms with Crippen LogP contribution in [0.2, 0.25) is 5.02 Å². The largest absolute Gasteiger partial charge is 0.455 e. The molecule has 0 unspecified atom stereocenters. The van der Waals surface area contributed by atoms with E-state index in [2.05, 4.69) is 10.1 Å². The van der Waals surface area contributed by atoms with Gasteiger partial charge in [-0.1, -0.05) is 29.8 Å². The van der Waals surface area contributed by atoms with Gasteiger partial charge in [-0.25, -0.2) is 0 Å². The smallest absolute Gasteiger partial charge is 0.416 e. The zero-order chi connectivity index (χ0) is 21.8. The Balaban J connectivity index is 1.94. The van der Waals surface area contributed by atoms with Crippen molar-refractivity contribution >= 4 is 29.2 Å². The summed E-state index contributed by atoms with van der Waals surface area (Å²) in [6.45, 7) is -0.857. The summed E-state index contributed by atoms with van der Waals surface area (Å²) in [6, 6.07) is 6.29. The molecule has 0 aliphatic carbocycles. The van der Waals surface area contributed by atoms with Crippen molar-refractivity contribution in [1.82, 2.24) is 0 Å². The van der Waals surface area contributed by atoms with Gasteiger partial charge in [0.1, 0.15) is 0 Å². The summed E-state index contributed by atoms with van der Waals surface area (Å²) < 4.78 is 80.7. The third-order valence-corrected chi connectivity index (χ3v) is 3.86. The fourth-order valence-corrected chi connectivity index (χ4v) is 2.37. The lowest BCUT2D eigenvalue weighted by Crippen LogP contribution is -2.22. The second kappa shape index (κ2) is 8.73. The Morgan fingerprint density at radius 2 is 1.55 bits per heavy atom. The minimum Gasteiger partial charge on any atom is -0.455 e. The van der Waals surface area contributed by atoms with E-state index < -0.39 is 48.4 Å². The molecule has 0 atom stereocenters. The normalized spacial score (nSPS) is 11.8. The number of rotatable bonds is 5. The molecule has 0 radical (unpaired) electrons. The molecule has 2 aromatic carbocycles. The van der Waals surface area contributed by atoms with Crippen molar-refractivity contribution in [2.45, 2.75) is 18.8 Å². The van der Waals surface area contributed by atoms with Gasteiger partial charge in [-0.15, -0.1) is 0 Å². The summed E-state index contributed by atoms with van der Waals surface area (Å²) >= 11 is 5.73. The number of nitrogens with one attached hydrogen (secondary N) is 1. The van der Waals surface area contributed by atoms with Crippen molar-refractivity contribution in [2.75, 3.05) is 11.9 Å². The van der Waals surface area contributed by atoms with Gasteiger partial charge in [-0.3, -0.25) is 9.59 Å². The number of anilines is 1. The molecule has 0 heterocycles. The number of amides is 1. The number of hydrogen-bond acceptors (Lipinski definition) is 3. The molecule has 0 aromatic heterocycles. The molecule has 156 valence electrons. The van der Waals surface area contributed by atoms with Crippen LogP contribution in [0.15, 0.2) is 42.5 Å². The van der Waals surface area contributed by atoms with E-state index in [1.807, 2.05) is 0 Å². The van der Waals surface area contributed by atoms with E-state index in [0.29, 0.717) is 6.07 Å². The van der Waals surface area contributed by atoms with E-state index in [4.69, 9.17) is 11.6 Å². The van der Waals surface area contributed by atoms with Gasteiger partial charge in [0.25, 0.3) is 5.91 Å². The molecule has 0 aliphatic heterocycles. The number of carbonyl (C=O) groups is 2.